The molecule has 0 aliphatic heterocycles. The standard InChI is InChI=1S/C18H23N3O2S/c1-12(2)14-11-24-16(20-14)10-9-13-7-6-8-15(19-13)21-17(22)23-18(3,4)5/h6-12H,1-5H3,(H,19,21,22). The zero-order valence-corrected chi connectivity index (χ0v) is 15.5. The SMILES string of the molecule is CC(C)c1csc(C=Cc2cccc(NC(=O)OC(C)(C)C)n2)n1. The Bertz CT molecular complexity index is 730. The molecule has 0 saturated carbocycles. The summed E-state index contributed by atoms with van der Waals surface area (Å²) < 4.78 is 5.22. The number of nitrogens with one attached hydrogen (secondary N) is 1. The number of thiazole rings is 1. The molecule has 0 spiro atoms. The first-order chi connectivity index (χ1) is 11.2. The van der Waals surface area contributed by atoms with Crippen LogP contribution in [0.15, 0.2) is 23.6 Å². The van der Waals surface area contributed by atoms with E-state index in [1.807, 2.05) is 45.1 Å². The van der Waals surface area contributed by atoms with Crippen molar-refractivity contribution in [3.8, 4) is 0 Å². The largest absolute Gasteiger partial charge is 0.444 e. The van der Waals surface area contributed by atoms with Crippen molar-refractivity contribution in [2.45, 2.75) is 46.1 Å². The number of nitrogens with zero attached hydrogens (tertiary/aromatic N) is 2. The molecule has 5 nitrogen and oxygen atoms in total. The molecule has 6 heteroatoms. The first-order valence-electron chi connectivity index (χ1n) is 7.83. The normalized spacial score (nSPS) is 11.9. The van der Waals surface area contributed by atoms with Gasteiger partial charge in [-0.25, -0.2) is 14.8 Å². The highest BCUT2D eigenvalue weighted by Crippen LogP contribution is 2.19. The van der Waals surface area contributed by atoms with Gasteiger partial charge in [-0.15, -0.1) is 11.3 Å². The summed E-state index contributed by atoms with van der Waals surface area (Å²) in [7, 11) is 0. The molecule has 0 aliphatic carbocycles. The van der Waals surface area contributed by atoms with E-state index in [0.717, 1.165) is 16.4 Å². The molecule has 0 saturated heterocycles. The van der Waals surface area contributed by atoms with Crippen LogP contribution < -0.4 is 5.32 Å². The monoisotopic (exact) mass is 345 g/mol. The number of rotatable bonds is 4. The highest BCUT2D eigenvalue weighted by molar-refractivity contribution is 7.10. The second-order valence-electron chi connectivity index (χ2n) is 6.67. The van der Waals surface area contributed by atoms with E-state index < -0.39 is 11.7 Å². The van der Waals surface area contributed by atoms with Crippen LogP contribution in [0.5, 0.6) is 0 Å². The second kappa shape index (κ2) is 7.57. The molecule has 24 heavy (non-hydrogen) atoms. The maximum atomic E-state index is 11.8. The summed E-state index contributed by atoms with van der Waals surface area (Å²) in [5.74, 6) is 0.872. The lowest BCUT2D eigenvalue weighted by Gasteiger charge is -2.19. The fourth-order valence-corrected chi connectivity index (χ4v) is 2.69. The summed E-state index contributed by atoms with van der Waals surface area (Å²) in [5.41, 5.74) is 1.29. The van der Waals surface area contributed by atoms with Crippen LogP contribution in [0.1, 0.15) is 56.9 Å². The van der Waals surface area contributed by atoms with Gasteiger partial charge in [0.2, 0.25) is 0 Å². The Hall–Kier alpha value is -2.21. The molecule has 0 atom stereocenters. The second-order valence-corrected chi connectivity index (χ2v) is 7.56. The molecule has 0 aliphatic rings. The van der Waals surface area contributed by atoms with Gasteiger partial charge in [-0.1, -0.05) is 19.9 Å². The number of anilines is 1. The van der Waals surface area contributed by atoms with E-state index in [0.29, 0.717) is 11.7 Å². The molecule has 2 aromatic heterocycles. The van der Waals surface area contributed by atoms with E-state index in [2.05, 4.69) is 34.5 Å². The third-order valence-corrected chi connectivity index (χ3v) is 3.76. The Morgan fingerprint density at radius 1 is 1.25 bits per heavy atom. The number of aromatic nitrogens is 2. The molecule has 0 radical (unpaired) electrons. The molecule has 0 fully saturated rings. The zero-order valence-electron chi connectivity index (χ0n) is 14.7. The summed E-state index contributed by atoms with van der Waals surface area (Å²) in [6.07, 6.45) is 3.29. The lowest BCUT2D eigenvalue weighted by atomic mass is 10.2. The minimum atomic E-state index is -0.541. The minimum Gasteiger partial charge on any atom is -0.444 e. The summed E-state index contributed by atoms with van der Waals surface area (Å²) in [6.45, 7) is 9.70. The molecule has 0 aromatic carbocycles. The van der Waals surface area contributed by atoms with Gasteiger partial charge in [0.1, 0.15) is 16.4 Å². The van der Waals surface area contributed by atoms with Gasteiger partial charge in [-0.3, -0.25) is 5.32 Å². The highest BCUT2D eigenvalue weighted by atomic mass is 32.1. The number of carbonyl (C=O) groups is 1. The third-order valence-electron chi connectivity index (χ3n) is 2.93. The van der Waals surface area contributed by atoms with E-state index in [4.69, 9.17) is 4.74 Å². The van der Waals surface area contributed by atoms with Crippen molar-refractivity contribution < 1.29 is 9.53 Å². The van der Waals surface area contributed by atoms with Gasteiger partial charge < -0.3 is 4.74 Å². The Balaban J connectivity index is 2.04. The Morgan fingerprint density at radius 2 is 2.00 bits per heavy atom. The number of hydrogen-bond donors (Lipinski definition) is 1. The first kappa shape index (κ1) is 18.1. The van der Waals surface area contributed by atoms with Gasteiger partial charge in [0, 0.05) is 5.38 Å². The molecule has 1 amide bonds. The van der Waals surface area contributed by atoms with Gasteiger partial charge in [-0.05, 0) is 51.0 Å². The van der Waals surface area contributed by atoms with E-state index in [9.17, 15) is 4.79 Å². The predicted molar refractivity (Wildman–Crippen MR) is 99.2 cm³/mol. The minimum absolute atomic E-state index is 0.419. The van der Waals surface area contributed by atoms with E-state index in [-0.39, 0.29) is 0 Å². The quantitative estimate of drug-likeness (QED) is 0.829. The molecule has 2 rings (SSSR count). The molecule has 128 valence electrons. The van der Waals surface area contributed by atoms with Crippen LogP contribution >= 0.6 is 11.3 Å². The van der Waals surface area contributed by atoms with Crippen LogP contribution in [-0.2, 0) is 4.74 Å². The van der Waals surface area contributed by atoms with Crippen molar-refractivity contribution >= 4 is 35.4 Å². The molecule has 0 bridgehead atoms. The number of carbonyl (C=O) groups excluding carboxylic acids is 1. The predicted octanol–water partition coefficient (Wildman–Crippen LogP) is 5.18. The van der Waals surface area contributed by atoms with E-state index >= 15 is 0 Å². The smallest absolute Gasteiger partial charge is 0.413 e. The van der Waals surface area contributed by atoms with Crippen LogP contribution in [0.25, 0.3) is 12.2 Å². The van der Waals surface area contributed by atoms with Crippen molar-refractivity contribution in [3.63, 3.8) is 0 Å². The maximum absolute atomic E-state index is 11.8. The molecule has 2 heterocycles. The van der Waals surface area contributed by atoms with Crippen LogP contribution in [-0.4, -0.2) is 21.7 Å². The van der Waals surface area contributed by atoms with Gasteiger partial charge >= 0.3 is 6.09 Å². The Morgan fingerprint density at radius 3 is 2.62 bits per heavy atom. The van der Waals surface area contributed by atoms with E-state index in [1.165, 1.54) is 0 Å². The van der Waals surface area contributed by atoms with Crippen molar-refractivity contribution in [3.05, 3.63) is 40.0 Å². The third kappa shape index (κ3) is 5.77. The number of ether oxygens (including phenoxy) is 1. The molecule has 0 unspecified atom stereocenters. The zero-order chi connectivity index (χ0) is 17.7. The fourth-order valence-electron chi connectivity index (χ4n) is 1.82. The summed E-state index contributed by atoms with van der Waals surface area (Å²) in [6, 6.07) is 5.43. The maximum Gasteiger partial charge on any atom is 0.413 e. The summed E-state index contributed by atoms with van der Waals surface area (Å²) in [5, 5.41) is 5.64. The van der Waals surface area contributed by atoms with Crippen molar-refractivity contribution in [1.29, 1.82) is 0 Å². The van der Waals surface area contributed by atoms with Crippen molar-refractivity contribution in [2.24, 2.45) is 0 Å². The average Bonchev–Trinajstić information content (AvgIpc) is 2.92. The Kier molecular flexibility index (Phi) is 5.72. The van der Waals surface area contributed by atoms with Crippen molar-refractivity contribution in [2.75, 3.05) is 5.32 Å². The van der Waals surface area contributed by atoms with Gasteiger partial charge in [-0.2, -0.15) is 0 Å². The molecular formula is C18H23N3O2S. The van der Waals surface area contributed by atoms with Crippen LogP contribution in [0.2, 0.25) is 0 Å². The van der Waals surface area contributed by atoms with Gasteiger partial charge in [0.05, 0.1) is 11.4 Å². The number of hydrogen-bond acceptors (Lipinski definition) is 5. The average molecular weight is 345 g/mol. The highest BCUT2D eigenvalue weighted by Gasteiger charge is 2.16. The molecular weight excluding hydrogens is 322 g/mol. The van der Waals surface area contributed by atoms with Crippen molar-refractivity contribution in [1.82, 2.24) is 9.97 Å². The lowest BCUT2D eigenvalue weighted by Crippen LogP contribution is -2.27. The van der Waals surface area contributed by atoms with Gasteiger partial charge in [0.25, 0.3) is 0 Å². The Labute approximate surface area is 146 Å². The molecule has 2 aromatic rings. The summed E-state index contributed by atoms with van der Waals surface area (Å²) >= 11 is 1.60. The van der Waals surface area contributed by atoms with Gasteiger partial charge in [0.15, 0.2) is 0 Å². The molecule has 1 N–H and O–H groups in total. The van der Waals surface area contributed by atoms with E-state index in [1.54, 1.807) is 17.4 Å². The van der Waals surface area contributed by atoms with Crippen LogP contribution in [0, 0.1) is 0 Å². The first-order valence-corrected chi connectivity index (χ1v) is 8.71. The fraction of sp³-hybridized carbons (Fsp3) is 0.389. The van der Waals surface area contributed by atoms with Crippen LogP contribution in [0.3, 0.4) is 0 Å². The lowest BCUT2D eigenvalue weighted by molar-refractivity contribution is 0.0635. The van der Waals surface area contributed by atoms with Crippen LogP contribution in [0.4, 0.5) is 10.6 Å². The topological polar surface area (TPSA) is 64.1 Å². The number of amides is 1. The number of pyridine rings is 1. The summed E-state index contributed by atoms with van der Waals surface area (Å²) in [4.78, 5) is 20.7.